The van der Waals surface area contributed by atoms with Crippen LogP contribution in [0.2, 0.25) is 5.02 Å². The number of pyridine rings is 1. The largest absolute Gasteiger partial charge is 0.507 e. The molecule has 0 aliphatic heterocycles. The minimum Gasteiger partial charge on any atom is -0.507 e. The minimum atomic E-state index is -0.508. The first-order valence-corrected chi connectivity index (χ1v) is 8.02. The fourth-order valence-corrected chi connectivity index (χ4v) is 2.82. The second-order valence-electron chi connectivity index (χ2n) is 5.90. The molecule has 4 nitrogen and oxygen atoms in total. The van der Waals surface area contributed by atoms with Crippen LogP contribution in [-0.4, -0.2) is 10.1 Å². The molecule has 0 atom stereocenters. The number of phenols is 1. The third kappa shape index (κ3) is 3.15. The second kappa shape index (κ2) is 6.46. The minimum absolute atomic E-state index is 0.0112. The Labute approximate surface area is 150 Å². The molecule has 0 aliphatic carbocycles. The third-order valence-electron chi connectivity index (χ3n) is 4.07. The van der Waals surface area contributed by atoms with E-state index in [0.717, 1.165) is 16.7 Å². The van der Waals surface area contributed by atoms with E-state index < -0.39 is 5.56 Å². The summed E-state index contributed by atoms with van der Waals surface area (Å²) in [6, 6.07) is 14.3. The van der Waals surface area contributed by atoms with Gasteiger partial charge in [0.2, 0.25) is 0 Å². The maximum absolute atomic E-state index is 12.4. The van der Waals surface area contributed by atoms with Crippen LogP contribution in [0.4, 0.5) is 0 Å². The number of nitriles is 1. The standard InChI is InChI=1S/C20H15ClN2O2/c1-11-3-5-13(6-4-11)14-9-18(23-20(25)16(14)10-22)15-8-17(21)12(2)7-19(15)24/h3-9,24H,1-2H3,(H,23,25). The number of H-pyrrole nitrogens is 1. The number of halogens is 1. The average molecular weight is 351 g/mol. The van der Waals surface area contributed by atoms with Crippen molar-refractivity contribution in [1.82, 2.24) is 4.98 Å². The number of rotatable bonds is 2. The molecular formula is C20H15ClN2O2. The van der Waals surface area contributed by atoms with Crippen molar-refractivity contribution in [2.45, 2.75) is 13.8 Å². The van der Waals surface area contributed by atoms with E-state index in [-0.39, 0.29) is 11.3 Å². The van der Waals surface area contributed by atoms with E-state index >= 15 is 0 Å². The van der Waals surface area contributed by atoms with Gasteiger partial charge in [0, 0.05) is 16.1 Å². The second-order valence-corrected chi connectivity index (χ2v) is 6.30. The Hall–Kier alpha value is -3.03. The fourth-order valence-electron chi connectivity index (χ4n) is 2.66. The van der Waals surface area contributed by atoms with Crippen LogP contribution in [0.3, 0.4) is 0 Å². The Bertz CT molecular complexity index is 1060. The number of benzene rings is 2. The zero-order chi connectivity index (χ0) is 18.1. The summed E-state index contributed by atoms with van der Waals surface area (Å²) in [4.78, 5) is 15.0. The van der Waals surface area contributed by atoms with Crippen LogP contribution < -0.4 is 5.56 Å². The molecule has 5 heteroatoms. The zero-order valence-corrected chi connectivity index (χ0v) is 14.5. The molecule has 0 fully saturated rings. The normalized spacial score (nSPS) is 10.5. The van der Waals surface area contributed by atoms with Crippen LogP contribution in [0.15, 0.2) is 47.3 Å². The van der Waals surface area contributed by atoms with E-state index in [9.17, 15) is 15.2 Å². The zero-order valence-electron chi connectivity index (χ0n) is 13.7. The molecule has 3 rings (SSSR count). The molecule has 25 heavy (non-hydrogen) atoms. The van der Waals surface area contributed by atoms with Crippen LogP contribution in [0.1, 0.15) is 16.7 Å². The van der Waals surface area contributed by atoms with Crippen LogP contribution in [0.25, 0.3) is 22.4 Å². The molecule has 0 bridgehead atoms. The molecule has 1 heterocycles. The summed E-state index contributed by atoms with van der Waals surface area (Å²) in [6.45, 7) is 3.75. The molecule has 2 N–H and O–H groups in total. The highest BCUT2D eigenvalue weighted by atomic mass is 35.5. The van der Waals surface area contributed by atoms with Gasteiger partial charge in [0.05, 0.1) is 5.69 Å². The van der Waals surface area contributed by atoms with Gasteiger partial charge in [-0.3, -0.25) is 4.79 Å². The van der Waals surface area contributed by atoms with E-state index in [2.05, 4.69) is 4.98 Å². The first kappa shape index (κ1) is 16.8. The highest BCUT2D eigenvalue weighted by molar-refractivity contribution is 6.31. The lowest BCUT2D eigenvalue weighted by Gasteiger charge is -2.11. The van der Waals surface area contributed by atoms with Crippen molar-refractivity contribution < 1.29 is 5.11 Å². The highest BCUT2D eigenvalue weighted by Crippen LogP contribution is 2.34. The number of aromatic hydroxyl groups is 1. The topological polar surface area (TPSA) is 76.9 Å². The van der Waals surface area contributed by atoms with E-state index in [4.69, 9.17) is 11.6 Å². The van der Waals surface area contributed by atoms with Crippen molar-refractivity contribution in [3.05, 3.63) is 74.5 Å². The van der Waals surface area contributed by atoms with Gasteiger partial charge in [-0.05, 0) is 43.2 Å². The summed E-state index contributed by atoms with van der Waals surface area (Å²) in [5.41, 5.74) is 3.42. The number of hydrogen-bond acceptors (Lipinski definition) is 3. The summed E-state index contributed by atoms with van der Waals surface area (Å²) < 4.78 is 0. The van der Waals surface area contributed by atoms with Crippen molar-refractivity contribution in [3.63, 3.8) is 0 Å². The molecule has 3 aromatic rings. The van der Waals surface area contributed by atoms with E-state index in [1.807, 2.05) is 37.3 Å². The first-order chi connectivity index (χ1) is 11.9. The van der Waals surface area contributed by atoms with Gasteiger partial charge in [0.1, 0.15) is 17.4 Å². The van der Waals surface area contributed by atoms with Crippen LogP contribution in [0, 0.1) is 25.2 Å². The molecule has 2 aromatic carbocycles. The highest BCUT2D eigenvalue weighted by Gasteiger charge is 2.15. The third-order valence-corrected chi connectivity index (χ3v) is 4.48. The fraction of sp³-hybridized carbons (Fsp3) is 0.100. The predicted octanol–water partition coefficient (Wildman–Crippen LogP) is 4.56. The summed E-state index contributed by atoms with van der Waals surface area (Å²) in [5.74, 6) is 0.0112. The van der Waals surface area contributed by atoms with Gasteiger partial charge >= 0.3 is 0 Å². The molecule has 0 saturated carbocycles. The number of nitrogens with one attached hydrogen (secondary N) is 1. The van der Waals surface area contributed by atoms with E-state index in [0.29, 0.717) is 21.8 Å². The lowest BCUT2D eigenvalue weighted by molar-refractivity contribution is 0.476. The molecule has 0 amide bonds. The summed E-state index contributed by atoms with van der Waals surface area (Å²) in [7, 11) is 0. The Morgan fingerprint density at radius 2 is 1.76 bits per heavy atom. The lowest BCUT2D eigenvalue weighted by atomic mass is 9.98. The van der Waals surface area contributed by atoms with Gasteiger partial charge in [0.15, 0.2) is 0 Å². The Morgan fingerprint density at radius 1 is 1.08 bits per heavy atom. The Kier molecular flexibility index (Phi) is 4.35. The molecule has 0 saturated heterocycles. The lowest BCUT2D eigenvalue weighted by Crippen LogP contribution is -2.12. The first-order valence-electron chi connectivity index (χ1n) is 7.64. The van der Waals surface area contributed by atoms with Crippen LogP contribution >= 0.6 is 11.6 Å². The van der Waals surface area contributed by atoms with Crippen molar-refractivity contribution in [3.8, 4) is 34.2 Å². The molecular weight excluding hydrogens is 336 g/mol. The quantitative estimate of drug-likeness (QED) is 0.711. The van der Waals surface area contributed by atoms with Gasteiger partial charge in [0.25, 0.3) is 5.56 Å². The van der Waals surface area contributed by atoms with Gasteiger partial charge < -0.3 is 10.1 Å². The maximum Gasteiger partial charge on any atom is 0.266 e. The van der Waals surface area contributed by atoms with Crippen molar-refractivity contribution in [2.75, 3.05) is 0 Å². The molecule has 124 valence electrons. The monoisotopic (exact) mass is 350 g/mol. The molecule has 0 spiro atoms. The van der Waals surface area contributed by atoms with Gasteiger partial charge in [-0.25, -0.2) is 0 Å². The van der Waals surface area contributed by atoms with Crippen LogP contribution in [-0.2, 0) is 0 Å². The number of aromatic amines is 1. The Balaban J connectivity index is 2.28. The molecule has 0 radical (unpaired) electrons. The smallest absolute Gasteiger partial charge is 0.266 e. The average Bonchev–Trinajstić information content (AvgIpc) is 2.58. The number of aryl methyl sites for hydroxylation is 2. The number of hydrogen-bond donors (Lipinski definition) is 2. The molecule has 1 aromatic heterocycles. The maximum atomic E-state index is 12.4. The van der Waals surface area contributed by atoms with Crippen molar-refractivity contribution >= 4 is 11.6 Å². The molecule has 0 aliphatic rings. The predicted molar refractivity (Wildman–Crippen MR) is 98.8 cm³/mol. The van der Waals surface area contributed by atoms with Gasteiger partial charge in [-0.15, -0.1) is 0 Å². The van der Waals surface area contributed by atoms with Crippen LogP contribution in [0.5, 0.6) is 5.75 Å². The van der Waals surface area contributed by atoms with Gasteiger partial charge in [-0.2, -0.15) is 5.26 Å². The summed E-state index contributed by atoms with van der Waals surface area (Å²) in [6.07, 6.45) is 0. The Morgan fingerprint density at radius 3 is 2.40 bits per heavy atom. The van der Waals surface area contributed by atoms with E-state index in [1.54, 1.807) is 25.1 Å². The number of nitrogens with zero attached hydrogens (tertiary/aromatic N) is 1. The van der Waals surface area contributed by atoms with Crippen molar-refractivity contribution in [1.29, 1.82) is 5.26 Å². The SMILES string of the molecule is Cc1ccc(-c2cc(-c3cc(Cl)c(C)cc3O)[nH]c(=O)c2C#N)cc1. The van der Waals surface area contributed by atoms with E-state index in [1.165, 1.54) is 0 Å². The summed E-state index contributed by atoms with van der Waals surface area (Å²) >= 11 is 6.15. The van der Waals surface area contributed by atoms with Crippen molar-refractivity contribution in [2.24, 2.45) is 0 Å². The number of aromatic nitrogens is 1. The van der Waals surface area contributed by atoms with Gasteiger partial charge in [-0.1, -0.05) is 41.4 Å². The number of phenolic OH excluding ortho intramolecular Hbond substituents is 1. The molecule has 0 unspecified atom stereocenters. The summed E-state index contributed by atoms with van der Waals surface area (Å²) in [5, 5.41) is 20.1.